The molecule has 1 aromatic heterocycles. The highest BCUT2D eigenvalue weighted by molar-refractivity contribution is 5.94. The largest absolute Gasteiger partial charge is 0.507 e. The minimum atomic E-state index is -1.28. The summed E-state index contributed by atoms with van der Waals surface area (Å²) in [6.07, 6.45) is 3.28. The van der Waals surface area contributed by atoms with Gasteiger partial charge in [0.15, 0.2) is 5.75 Å². The molecule has 1 heterocycles. The molecular formula is C27H30N2O6. The van der Waals surface area contributed by atoms with Crippen molar-refractivity contribution in [3.05, 3.63) is 68.5 Å². The number of carbonyl (C=O) groups is 2. The lowest BCUT2D eigenvalue weighted by Gasteiger charge is -2.14. The van der Waals surface area contributed by atoms with E-state index in [0.29, 0.717) is 24.2 Å². The molecule has 1 aliphatic rings. The van der Waals surface area contributed by atoms with Crippen LogP contribution in [0.3, 0.4) is 0 Å². The molecule has 0 unspecified atom stereocenters. The molecule has 0 amide bonds. The van der Waals surface area contributed by atoms with Gasteiger partial charge in [-0.25, -0.2) is 0 Å². The van der Waals surface area contributed by atoms with Crippen molar-refractivity contribution in [3.63, 3.8) is 0 Å². The van der Waals surface area contributed by atoms with Gasteiger partial charge in [-0.3, -0.25) is 14.4 Å². The summed E-state index contributed by atoms with van der Waals surface area (Å²) in [6.45, 7) is 4.87. The average Bonchev–Trinajstić information content (AvgIpc) is 3.22. The summed E-state index contributed by atoms with van der Waals surface area (Å²) in [4.78, 5) is 37.2. The number of carboxylic acid groups (broad SMARTS) is 1. The maximum Gasteiger partial charge on any atom is 0.322 e. The molecule has 0 fully saturated rings. The summed E-state index contributed by atoms with van der Waals surface area (Å²) < 4.78 is 5.19. The Morgan fingerprint density at radius 1 is 1.11 bits per heavy atom. The van der Waals surface area contributed by atoms with E-state index in [0.717, 1.165) is 47.8 Å². The van der Waals surface area contributed by atoms with Crippen molar-refractivity contribution < 1.29 is 24.5 Å². The molecule has 1 atom stereocenters. The Labute approximate surface area is 202 Å². The highest BCUT2D eigenvalue weighted by atomic mass is 16.5. The van der Waals surface area contributed by atoms with Crippen LogP contribution in [-0.4, -0.2) is 39.7 Å². The standard InChI is InChI=1S/C27H30N2O6/c1-3-15-11-17-12-18(13-21(17)27(34)19(15)4-2)28-10-9-16-5-7-22(35-25(33)14-24(31)32)26-20(16)6-8-23(30)29-26/h5-8,11,18,28,34H,3-4,9-10,12-14H2,1-2H3,(H,29,30)(H,31,32)/t18-/m1/s1. The zero-order valence-corrected chi connectivity index (χ0v) is 19.9. The first-order valence-corrected chi connectivity index (χ1v) is 12.0. The van der Waals surface area contributed by atoms with E-state index >= 15 is 0 Å². The maximum absolute atomic E-state index is 11.9. The molecule has 0 saturated heterocycles. The monoisotopic (exact) mass is 478 g/mol. The molecule has 8 heteroatoms. The van der Waals surface area contributed by atoms with Crippen LogP contribution >= 0.6 is 0 Å². The lowest BCUT2D eigenvalue weighted by Crippen LogP contribution is -2.31. The van der Waals surface area contributed by atoms with Crippen molar-refractivity contribution in [2.45, 2.75) is 58.4 Å². The Balaban J connectivity index is 1.46. The number of phenols is 1. The van der Waals surface area contributed by atoms with Crippen molar-refractivity contribution in [2.24, 2.45) is 0 Å². The topological polar surface area (TPSA) is 129 Å². The van der Waals surface area contributed by atoms with Crippen LogP contribution in [0.2, 0.25) is 0 Å². The molecule has 2 aromatic carbocycles. The number of aromatic hydroxyl groups is 1. The smallest absolute Gasteiger partial charge is 0.322 e. The number of benzene rings is 2. The van der Waals surface area contributed by atoms with Crippen molar-refractivity contribution in [3.8, 4) is 11.5 Å². The zero-order chi connectivity index (χ0) is 25.1. The van der Waals surface area contributed by atoms with E-state index in [1.165, 1.54) is 17.2 Å². The molecule has 0 saturated carbocycles. The molecule has 0 aliphatic heterocycles. The number of aromatic amines is 1. The van der Waals surface area contributed by atoms with Crippen LogP contribution in [0.4, 0.5) is 0 Å². The van der Waals surface area contributed by atoms with Gasteiger partial charge in [0.25, 0.3) is 0 Å². The molecule has 0 radical (unpaired) electrons. The highest BCUT2D eigenvalue weighted by Gasteiger charge is 2.26. The molecule has 35 heavy (non-hydrogen) atoms. The molecule has 0 spiro atoms. The van der Waals surface area contributed by atoms with E-state index in [2.05, 4.69) is 30.2 Å². The van der Waals surface area contributed by atoms with Gasteiger partial charge in [-0.1, -0.05) is 26.0 Å². The zero-order valence-electron chi connectivity index (χ0n) is 19.9. The lowest BCUT2D eigenvalue weighted by atomic mass is 9.95. The number of nitrogens with one attached hydrogen (secondary N) is 2. The quantitative estimate of drug-likeness (QED) is 0.211. The molecular weight excluding hydrogens is 448 g/mol. The summed E-state index contributed by atoms with van der Waals surface area (Å²) in [6, 6.07) is 8.96. The molecule has 3 aromatic rings. The number of aryl methyl sites for hydroxylation is 1. The van der Waals surface area contributed by atoms with E-state index in [1.54, 1.807) is 12.1 Å². The van der Waals surface area contributed by atoms with Gasteiger partial charge in [-0.15, -0.1) is 0 Å². The van der Waals surface area contributed by atoms with E-state index in [-0.39, 0.29) is 17.4 Å². The van der Waals surface area contributed by atoms with Crippen LogP contribution in [0.5, 0.6) is 11.5 Å². The molecule has 4 rings (SSSR count). The van der Waals surface area contributed by atoms with Gasteiger partial charge in [0.2, 0.25) is 5.56 Å². The predicted octanol–water partition coefficient (Wildman–Crippen LogP) is 3.04. The van der Waals surface area contributed by atoms with Crippen molar-refractivity contribution in [1.82, 2.24) is 10.3 Å². The van der Waals surface area contributed by atoms with Crippen LogP contribution in [0.25, 0.3) is 10.9 Å². The predicted molar refractivity (Wildman–Crippen MR) is 132 cm³/mol. The molecule has 4 N–H and O–H groups in total. The lowest BCUT2D eigenvalue weighted by molar-refractivity contribution is -0.145. The number of hydrogen-bond donors (Lipinski definition) is 4. The number of H-pyrrole nitrogens is 1. The van der Waals surface area contributed by atoms with Gasteiger partial charge in [-0.2, -0.15) is 0 Å². The summed E-state index contributed by atoms with van der Waals surface area (Å²) in [5.41, 5.74) is 5.51. The van der Waals surface area contributed by atoms with Gasteiger partial charge in [0, 0.05) is 17.5 Å². The fourth-order valence-corrected chi connectivity index (χ4v) is 5.00. The number of hydrogen-bond acceptors (Lipinski definition) is 6. The second-order valence-corrected chi connectivity index (χ2v) is 8.90. The number of fused-ring (bicyclic) bond motifs is 2. The van der Waals surface area contributed by atoms with Crippen LogP contribution < -0.4 is 15.6 Å². The Morgan fingerprint density at radius 2 is 1.91 bits per heavy atom. The minimum Gasteiger partial charge on any atom is -0.507 e. The summed E-state index contributed by atoms with van der Waals surface area (Å²) in [7, 11) is 0. The van der Waals surface area contributed by atoms with Crippen LogP contribution in [0, 0.1) is 0 Å². The number of ether oxygens (including phenoxy) is 1. The highest BCUT2D eigenvalue weighted by Crippen LogP contribution is 2.36. The SMILES string of the molecule is CCc1cc2c(c(O)c1CC)C[C@H](NCCc1ccc(OC(=O)CC(=O)O)c3[nH]c(=O)ccc13)C2. The number of phenolic OH excluding ortho intramolecular Hbond substituents is 1. The van der Waals surface area contributed by atoms with E-state index in [9.17, 15) is 19.5 Å². The number of pyridine rings is 1. The number of esters is 1. The van der Waals surface area contributed by atoms with Gasteiger partial charge >= 0.3 is 11.9 Å². The van der Waals surface area contributed by atoms with E-state index in [1.807, 2.05) is 6.07 Å². The van der Waals surface area contributed by atoms with Gasteiger partial charge in [0.1, 0.15) is 12.2 Å². The summed E-state index contributed by atoms with van der Waals surface area (Å²) >= 11 is 0. The summed E-state index contributed by atoms with van der Waals surface area (Å²) in [5, 5.41) is 23.9. The van der Waals surface area contributed by atoms with Gasteiger partial charge in [0.05, 0.1) is 5.52 Å². The van der Waals surface area contributed by atoms with Crippen LogP contribution in [0.15, 0.2) is 35.1 Å². The Hall–Kier alpha value is -3.65. The molecule has 184 valence electrons. The van der Waals surface area contributed by atoms with Crippen LogP contribution in [-0.2, 0) is 41.7 Å². The maximum atomic E-state index is 11.9. The number of carbonyl (C=O) groups excluding carboxylic acids is 1. The first-order chi connectivity index (χ1) is 16.8. The van der Waals surface area contributed by atoms with Gasteiger partial charge < -0.3 is 25.3 Å². The number of aliphatic carboxylic acids is 1. The minimum absolute atomic E-state index is 0.126. The number of aromatic nitrogens is 1. The van der Waals surface area contributed by atoms with Crippen molar-refractivity contribution in [1.29, 1.82) is 0 Å². The van der Waals surface area contributed by atoms with Crippen molar-refractivity contribution in [2.75, 3.05) is 6.54 Å². The molecule has 0 bridgehead atoms. The number of carboxylic acids is 1. The van der Waals surface area contributed by atoms with Crippen LogP contribution in [0.1, 0.15) is 48.1 Å². The van der Waals surface area contributed by atoms with Crippen molar-refractivity contribution >= 4 is 22.8 Å². The van der Waals surface area contributed by atoms with Gasteiger partial charge in [-0.05, 0) is 78.6 Å². The molecule has 1 aliphatic carbocycles. The third-order valence-corrected chi connectivity index (χ3v) is 6.64. The van der Waals surface area contributed by atoms with E-state index in [4.69, 9.17) is 9.84 Å². The first-order valence-electron chi connectivity index (χ1n) is 12.0. The second kappa shape index (κ2) is 10.3. The first kappa shape index (κ1) is 24.5. The van der Waals surface area contributed by atoms with E-state index < -0.39 is 18.4 Å². The number of rotatable bonds is 9. The molecule has 8 nitrogen and oxygen atoms in total. The Morgan fingerprint density at radius 3 is 2.63 bits per heavy atom. The Kier molecular flexibility index (Phi) is 7.21. The summed E-state index contributed by atoms with van der Waals surface area (Å²) in [5.74, 6) is -1.61. The fraction of sp³-hybridized carbons (Fsp3) is 0.370. The third kappa shape index (κ3) is 5.22. The third-order valence-electron chi connectivity index (χ3n) is 6.64. The Bertz CT molecular complexity index is 1340. The average molecular weight is 479 g/mol. The fourth-order valence-electron chi connectivity index (χ4n) is 5.00. The second-order valence-electron chi connectivity index (χ2n) is 8.90. The normalized spacial score (nSPS) is 14.7.